The van der Waals surface area contributed by atoms with E-state index >= 15 is 0 Å². The van der Waals surface area contributed by atoms with Gasteiger partial charge in [-0.05, 0) is 17.7 Å². The number of methoxy groups -OCH3 is 1. The number of halogens is 2. The van der Waals surface area contributed by atoms with Gasteiger partial charge in [0.15, 0.2) is 0 Å². The first kappa shape index (κ1) is 9.74. The van der Waals surface area contributed by atoms with E-state index in [1.54, 1.807) is 6.07 Å². The summed E-state index contributed by atoms with van der Waals surface area (Å²) in [5.41, 5.74) is 0.942. The summed E-state index contributed by atoms with van der Waals surface area (Å²) in [5, 5.41) is 2.02. The minimum Gasteiger partial charge on any atom is -0.496 e. The Balaban J connectivity index is 2.76. The summed E-state index contributed by atoms with van der Waals surface area (Å²) < 4.78 is 19.3. The van der Waals surface area contributed by atoms with E-state index in [4.69, 9.17) is 16.3 Å². The summed E-state index contributed by atoms with van der Waals surface area (Å²) in [4.78, 5) is 0. The van der Waals surface area contributed by atoms with Crippen LogP contribution in [0.15, 0.2) is 17.5 Å². The fourth-order valence-corrected chi connectivity index (χ4v) is 2.42. The van der Waals surface area contributed by atoms with Crippen molar-refractivity contribution in [1.82, 2.24) is 0 Å². The zero-order chi connectivity index (χ0) is 10.1. The van der Waals surface area contributed by atoms with Gasteiger partial charge in [0.1, 0.15) is 11.6 Å². The molecule has 2 rings (SSSR count). The lowest BCUT2D eigenvalue weighted by Gasteiger charge is -2.04. The second kappa shape index (κ2) is 3.75. The molecule has 0 fully saturated rings. The van der Waals surface area contributed by atoms with Crippen LogP contribution in [0.25, 0.3) is 10.1 Å². The van der Waals surface area contributed by atoms with Crippen LogP contribution in [0, 0.1) is 5.82 Å². The van der Waals surface area contributed by atoms with Crippen molar-refractivity contribution < 1.29 is 9.13 Å². The quantitative estimate of drug-likeness (QED) is 0.714. The van der Waals surface area contributed by atoms with E-state index in [1.807, 2.05) is 6.07 Å². The lowest BCUT2D eigenvalue weighted by molar-refractivity contribution is 0.418. The van der Waals surface area contributed by atoms with E-state index < -0.39 is 0 Å². The van der Waals surface area contributed by atoms with E-state index in [1.165, 1.54) is 23.8 Å². The molecule has 0 amide bonds. The third-order valence-corrected chi connectivity index (χ3v) is 3.24. The molecule has 0 radical (unpaired) electrons. The van der Waals surface area contributed by atoms with Crippen LogP contribution in [0.4, 0.5) is 4.39 Å². The molecule has 1 aromatic carbocycles. The average Bonchev–Trinajstić information content (AvgIpc) is 2.59. The first-order valence-electron chi connectivity index (χ1n) is 4.06. The number of alkyl halides is 1. The zero-order valence-corrected chi connectivity index (χ0v) is 9.08. The number of thiophene rings is 1. The Morgan fingerprint density at radius 3 is 2.93 bits per heavy atom. The van der Waals surface area contributed by atoms with Crippen LogP contribution in [0.3, 0.4) is 0 Å². The largest absolute Gasteiger partial charge is 0.496 e. The molecule has 0 aliphatic carbocycles. The van der Waals surface area contributed by atoms with Gasteiger partial charge in [0, 0.05) is 16.0 Å². The van der Waals surface area contributed by atoms with Crippen LogP contribution in [0.5, 0.6) is 5.75 Å². The molecule has 14 heavy (non-hydrogen) atoms. The van der Waals surface area contributed by atoms with E-state index in [0.717, 1.165) is 10.3 Å². The number of rotatable bonds is 2. The SMILES string of the molecule is COc1cc(CCl)cc2scc(F)c12. The van der Waals surface area contributed by atoms with Gasteiger partial charge in [0.05, 0.1) is 12.5 Å². The maximum absolute atomic E-state index is 13.3. The highest BCUT2D eigenvalue weighted by Gasteiger charge is 2.10. The van der Waals surface area contributed by atoms with E-state index in [-0.39, 0.29) is 5.82 Å². The molecule has 0 saturated carbocycles. The smallest absolute Gasteiger partial charge is 0.145 e. The van der Waals surface area contributed by atoms with Crippen molar-refractivity contribution in [3.05, 3.63) is 28.9 Å². The Morgan fingerprint density at radius 1 is 1.50 bits per heavy atom. The summed E-state index contributed by atoms with van der Waals surface area (Å²) in [5.74, 6) is 0.728. The topological polar surface area (TPSA) is 9.23 Å². The Bertz CT molecular complexity index is 466. The number of ether oxygens (including phenoxy) is 1. The van der Waals surface area contributed by atoms with Crippen LogP contribution in [0.2, 0.25) is 0 Å². The molecule has 0 aliphatic heterocycles. The molecule has 1 nitrogen and oxygen atoms in total. The van der Waals surface area contributed by atoms with Crippen molar-refractivity contribution in [3.8, 4) is 5.75 Å². The highest BCUT2D eigenvalue weighted by molar-refractivity contribution is 7.17. The lowest BCUT2D eigenvalue weighted by atomic mass is 10.2. The maximum atomic E-state index is 13.3. The number of hydrogen-bond acceptors (Lipinski definition) is 2. The van der Waals surface area contributed by atoms with Gasteiger partial charge >= 0.3 is 0 Å². The van der Waals surface area contributed by atoms with Crippen LogP contribution in [0.1, 0.15) is 5.56 Å². The molecule has 1 heterocycles. The van der Waals surface area contributed by atoms with Gasteiger partial charge in [-0.3, -0.25) is 0 Å². The average molecular weight is 231 g/mol. The summed E-state index contributed by atoms with van der Waals surface area (Å²) >= 11 is 7.08. The van der Waals surface area contributed by atoms with Gasteiger partial charge in [-0.25, -0.2) is 4.39 Å². The van der Waals surface area contributed by atoms with Crippen LogP contribution in [-0.2, 0) is 5.88 Å². The van der Waals surface area contributed by atoms with Crippen molar-refractivity contribution in [1.29, 1.82) is 0 Å². The minimum absolute atomic E-state index is 0.233. The summed E-state index contributed by atoms with van der Waals surface area (Å²) in [7, 11) is 1.53. The van der Waals surface area contributed by atoms with Crippen LogP contribution in [-0.4, -0.2) is 7.11 Å². The number of hydrogen-bond donors (Lipinski definition) is 0. The Kier molecular flexibility index (Phi) is 2.61. The van der Waals surface area contributed by atoms with E-state index in [9.17, 15) is 4.39 Å². The number of fused-ring (bicyclic) bond motifs is 1. The summed E-state index contributed by atoms with van der Waals surface area (Å²) in [6, 6.07) is 3.66. The van der Waals surface area contributed by atoms with Crippen molar-refractivity contribution in [2.75, 3.05) is 7.11 Å². The zero-order valence-electron chi connectivity index (χ0n) is 7.51. The third kappa shape index (κ3) is 1.47. The first-order valence-corrected chi connectivity index (χ1v) is 5.47. The Hall–Kier alpha value is -0.800. The fourth-order valence-electron chi connectivity index (χ4n) is 1.38. The predicted molar refractivity (Wildman–Crippen MR) is 57.9 cm³/mol. The van der Waals surface area contributed by atoms with Crippen molar-refractivity contribution >= 4 is 33.0 Å². The van der Waals surface area contributed by atoms with Gasteiger partial charge in [-0.15, -0.1) is 22.9 Å². The molecule has 0 N–H and O–H groups in total. The highest BCUT2D eigenvalue weighted by Crippen LogP contribution is 2.34. The van der Waals surface area contributed by atoms with Crippen LogP contribution < -0.4 is 4.74 Å². The van der Waals surface area contributed by atoms with E-state index in [2.05, 4.69) is 0 Å². The second-order valence-electron chi connectivity index (χ2n) is 2.89. The van der Waals surface area contributed by atoms with Crippen molar-refractivity contribution in [3.63, 3.8) is 0 Å². The predicted octanol–water partition coefficient (Wildman–Crippen LogP) is 3.79. The van der Waals surface area contributed by atoms with Crippen molar-refractivity contribution in [2.24, 2.45) is 0 Å². The fraction of sp³-hybridized carbons (Fsp3) is 0.200. The lowest BCUT2D eigenvalue weighted by Crippen LogP contribution is -1.87. The summed E-state index contributed by atoms with van der Waals surface area (Å²) in [6.45, 7) is 0. The molecule has 74 valence electrons. The molecule has 0 bridgehead atoms. The first-order chi connectivity index (χ1) is 6.76. The van der Waals surface area contributed by atoms with Gasteiger partial charge < -0.3 is 4.74 Å². The molecule has 2 aromatic rings. The van der Waals surface area contributed by atoms with Gasteiger partial charge in [-0.1, -0.05) is 0 Å². The van der Waals surface area contributed by atoms with Gasteiger partial charge in [0.2, 0.25) is 0 Å². The minimum atomic E-state index is -0.233. The Morgan fingerprint density at radius 2 is 2.29 bits per heavy atom. The molecule has 0 saturated heterocycles. The van der Waals surface area contributed by atoms with Crippen molar-refractivity contribution in [2.45, 2.75) is 5.88 Å². The monoisotopic (exact) mass is 230 g/mol. The molecule has 0 atom stereocenters. The molecular formula is C10H8ClFOS. The molecule has 0 spiro atoms. The molecule has 1 aromatic heterocycles. The second-order valence-corrected chi connectivity index (χ2v) is 4.07. The molecule has 4 heteroatoms. The maximum Gasteiger partial charge on any atom is 0.145 e. The van der Waals surface area contributed by atoms with Gasteiger partial charge in [-0.2, -0.15) is 0 Å². The molecular weight excluding hydrogens is 223 g/mol. The Labute approximate surface area is 90.1 Å². The summed E-state index contributed by atoms with van der Waals surface area (Å²) in [6.07, 6.45) is 0. The molecule has 0 aliphatic rings. The normalized spacial score (nSPS) is 10.8. The van der Waals surface area contributed by atoms with Crippen LogP contribution >= 0.6 is 22.9 Å². The number of benzene rings is 1. The van der Waals surface area contributed by atoms with E-state index in [0.29, 0.717) is 17.0 Å². The van der Waals surface area contributed by atoms with Gasteiger partial charge in [0.25, 0.3) is 0 Å². The standard InChI is InChI=1S/C10H8ClFOS/c1-13-8-2-6(4-11)3-9-10(8)7(12)5-14-9/h2-3,5H,4H2,1H3. The third-order valence-electron chi connectivity index (χ3n) is 2.03. The molecule has 0 unspecified atom stereocenters. The highest BCUT2D eigenvalue weighted by atomic mass is 35.5.